The highest BCUT2D eigenvalue weighted by molar-refractivity contribution is 5.58. The minimum absolute atomic E-state index is 0.286. The average Bonchev–Trinajstić information content (AvgIpc) is 2.37. The van der Waals surface area contributed by atoms with Crippen LogP contribution in [0.4, 0.5) is 4.39 Å². The van der Waals surface area contributed by atoms with Crippen molar-refractivity contribution in [3.05, 3.63) is 0 Å². The molecule has 1 rings (SSSR count). The highest BCUT2D eigenvalue weighted by Crippen LogP contribution is 2.00. The maximum atomic E-state index is 11.7. The van der Waals surface area contributed by atoms with Crippen molar-refractivity contribution >= 4 is 6.34 Å². The molecule has 0 aliphatic carbocycles. The third-order valence-electron chi connectivity index (χ3n) is 1.34. The number of hydrogen-bond donors (Lipinski definition) is 0. The summed E-state index contributed by atoms with van der Waals surface area (Å²) in [5, 5.41) is 8.37. The van der Waals surface area contributed by atoms with Crippen molar-refractivity contribution in [2.24, 2.45) is 4.99 Å². The Morgan fingerprint density at radius 3 is 3.20 bits per heavy atom. The molecule has 1 atom stereocenters. The van der Waals surface area contributed by atoms with E-state index in [4.69, 9.17) is 5.26 Å². The van der Waals surface area contributed by atoms with E-state index in [1.807, 2.05) is 6.07 Å². The Bertz CT molecular complexity index is 172. The quantitative estimate of drug-likeness (QED) is 0.550. The summed E-state index contributed by atoms with van der Waals surface area (Å²) in [4.78, 5) is 5.53. The number of alkyl halides is 1. The van der Waals surface area contributed by atoms with E-state index in [0.29, 0.717) is 13.1 Å². The maximum absolute atomic E-state index is 11.7. The van der Waals surface area contributed by atoms with Crippen molar-refractivity contribution < 1.29 is 4.39 Å². The van der Waals surface area contributed by atoms with Crippen LogP contribution >= 0.6 is 0 Å². The summed E-state index contributed by atoms with van der Waals surface area (Å²) < 4.78 is 11.7. The predicted octanol–water partition coefficient (Wildman–Crippen LogP) is 0.192. The Morgan fingerprint density at radius 1 is 1.90 bits per heavy atom. The van der Waals surface area contributed by atoms with Crippen LogP contribution in [0.2, 0.25) is 0 Å². The first-order chi connectivity index (χ1) is 4.86. The second-order valence-corrected chi connectivity index (χ2v) is 2.09. The van der Waals surface area contributed by atoms with Gasteiger partial charge in [0.2, 0.25) is 0 Å². The lowest BCUT2D eigenvalue weighted by Crippen LogP contribution is -2.24. The van der Waals surface area contributed by atoms with Gasteiger partial charge in [0.15, 0.2) is 6.04 Å². The smallest absolute Gasteiger partial charge is 0.155 e. The second kappa shape index (κ2) is 3.16. The summed E-state index contributed by atoms with van der Waals surface area (Å²) in [6.07, 6.45) is 1.54. The molecule has 0 radical (unpaired) electrons. The van der Waals surface area contributed by atoms with Crippen molar-refractivity contribution in [1.82, 2.24) is 4.90 Å². The molecule has 1 unspecified atom stereocenters. The summed E-state index contributed by atoms with van der Waals surface area (Å²) in [5.74, 6) is 0. The first-order valence-electron chi connectivity index (χ1n) is 3.09. The SMILES string of the molecule is N#CC1CN(CCF)C=N1. The zero-order valence-corrected chi connectivity index (χ0v) is 5.50. The molecular weight excluding hydrogens is 133 g/mol. The van der Waals surface area contributed by atoms with E-state index >= 15 is 0 Å². The molecule has 0 amide bonds. The van der Waals surface area contributed by atoms with Crippen LogP contribution in [-0.2, 0) is 0 Å². The van der Waals surface area contributed by atoms with Crippen molar-refractivity contribution in [2.45, 2.75) is 6.04 Å². The minimum Gasteiger partial charge on any atom is -0.357 e. The van der Waals surface area contributed by atoms with Crippen molar-refractivity contribution in [1.29, 1.82) is 5.26 Å². The van der Waals surface area contributed by atoms with Gasteiger partial charge in [-0.2, -0.15) is 5.26 Å². The van der Waals surface area contributed by atoms with Crippen molar-refractivity contribution in [3.63, 3.8) is 0 Å². The summed E-state index contributed by atoms with van der Waals surface area (Å²) in [5.41, 5.74) is 0. The van der Waals surface area contributed by atoms with Gasteiger partial charge in [0.25, 0.3) is 0 Å². The Hall–Kier alpha value is -1.11. The van der Waals surface area contributed by atoms with Gasteiger partial charge < -0.3 is 4.90 Å². The largest absolute Gasteiger partial charge is 0.357 e. The number of nitriles is 1. The molecule has 4 heteroatoms. The molecule has 0 N–H and O–H groups in total. The molecule has 0 spiro atoms. The van der Waals surface area contributed by atoms with Crippen LogP contribution in [-0.4, -0.2) is 37.0 Å². The van der Waals surface area contributed by atoms with Crippen LogP contribution in [0, 0.1) is 11.3 Å². The van der Waals surface area contributed by atoms with E-state index in [2.05, 4.69) is 4.99 Å². The fraction of sp³-hybridized carbons (Fsp3) is 0.667. The molecule has 0 saturated heterocycles. The van der Waals surface area contributed by atoms with E-state index in [1.54, 1.807) is 4.90 Å². The minimum atomic E-state index is -0.385. The van der Waals surface area contributed by atoms with E-state index in [1.165, 1.54) is 6.34 Å². The third-order valence-corrected chi connectivity index (χ3v) is 1.34. The molecule has 0 aromatic heterocycles. The number of rotatable bonds is 2. The molecule has 1 aliphatic heterocycles. The molecule has 0 bridgehead atoms. The molecule has 3 nitrogen and oxygen atoms in total. The van der Waals surface area contributed by atoms with E-state index in [9.17, 15) is 4.39 Å². The zero-order chi connectivity index (χ0) is 7.40. The van der Waals surface area contributed by atoms with Crippen molar-refractivity contribution in [2.75, 3.05) is 19.8 Å². The monoisotopic (exact) mass is 141 g/mol. The average molecular weight is 141 g/mol. The summed E-state index contributed by atoms with van der Waals surface area (Å²) in [6.45, 7) is 0.506. The number of nitrogens with zero attached hydrogens (tertiary/aromatic N) is 3. The standard InChI is InChI=1S/C6H8FN3/c7-1-2-10-4-6(3-8)9-5-10/h5-6H,1-2,4H2. The third kappa shape index (κ3) is 1.44. The van der Waals surface area contributed by atoms with Gasteiger partial charge in [0.1, 0.15) is 6.67 Å². The zero-order valence-electron chi connectivity index (χ0n) is 5.50. The molecule has 1 heterocycles. The van der Waals surface area contributed by atoms with Crippen molar-refractivity contribution in [3.8, 4) is 6.07 Å². The molecule has 0 saturated carbocycles. The van der Waals surface area contributed by atoms with Gasteiger partial charge in [0.05, 0.1) is 19.0 Å². The Balaban J connectivity index is 2.32. The van der Waals surface area contributed by atoms with E-state index in [-0.39, 0.29) is 12.7 Å². The number of halogens is 1. The van der Waals surface area contributed by atoms with Gasteiger partial charge in [-0.15, -0.1) is 0 Å². The first-order valence-corrected chi connectivity index (χ1v) is 3.09. The molecule has 10 heavy (non-hydrogen) atoms. The van der Waals surface area contributed by atoms with E-state index in [0.717, 1.165) is 0 Å². The highest BCUT2D eigenvalue weighted by Gasteiger charge is 2.14. The Labute approximate surface area is 58.8 Å². The normalized spacial score (nSPS) is 23.2. The Morgan fingerprint density at radius 2 is 2.70 bits per heavy atom. The van der Waals surface area contributed by atoms with Crippen LogP contribution < -0.4 is 0 Å². The maximum Gasteiger partial charge on any atom is 0.155 e. The van der Waals surface area contributed by atoms with Crippen LogP contribution in [0.25, 0.3) is 0 Å². The lowest BCUT2D eigenvalue weighted by molar-refractivity contribution is 0.373. The molecular formula is C6H8FN3. The van der Waals surface area contributed by atoms with Gasteiger partial charge in [-0.05, 0) is 0 Å². The molecule has 0 aromatic carbocycles. The van der Waals surface area contributed by atoms with Crippen LogP contribution in [0.5, 0.6) is 0 Å². The fourth-order valence-corrected chi connectivity index (χ4v) is 0.823. The molecule has 54 valence electrons. The van der Waals surface area contributed by atoms with Crippen LogP contribution in [0.15, 0.2) is 4.99 Å². The van der Waals surface area contributed by atoms with Gasteiger partial charge in [-0.3, -0.25) is 4.99 Å². The number of aliphatic imine (C=N–C) groups is 1. The lowest BCUT2D eigenvalue weighted by atomic mass is 10.3. The second-order valence-electron chi connectivity index (χ2n) is 2.09. The summed E-state index contributed by atoms with van der Waals surface area (Å²) in [7, 11) is 0. The highest BCUT2D eigenvalue weighted by atomic mass is 19.1. The Kier molecular flexibility index (Phi) is 2.21. The number of hydrogen-bond acceptors (Lipinski definition) is 3. The van der Waals surface area contributed by atoms with Gasteiger partial charge in [-0.1, -0.05) is 0 Å². The predicted molar refractivity (Wildman–Crippen MR) is 35.4 cm³/mol. The van der Waals surface area contributed by atoms with Gasteiger partial charge >= 0.3 is 0 Å². The summed E-state index contributed by atoms with van der Waals surface area (Å²) >= 11 is 0. The van der Waals surface area contributed by atoms with Crippen LogP contribution in [0.3, 0.4) is 0 Å². The van der Waals surface area contributed by atoms with Gasteiger partial charge in [-0.25, -0.2) is 4.39 Å². The summed E-state index contributed by atoms with van der Waals surface area (Å²) in [6, 6.07) is 1.70. The molecule has 0 aromatic rings. The first kappa shape index (κ1) is 7.00. The lowest BCUT2D eigenvalue weighted by Gasteiger charge is -2.10. The van der Waals surface area contributed by atoms with Gasteiger partial charge in [0, 0.05) is 6.54 Å². The van der Waals surface area contributed by atoms with E-state index < -0.39 is 0 Å². The fourth-order valence-electron chi connectivity index (χ4n) is 0.823. The molecule has 1 aliphatic rings. The topological polar surface area (TPSA) is 39.4 Å². The molecule has 0 fully saturated rings. The van der Waals surface area contributed by atoms with Crippen LogP contribution in [0.1, 0.15) is 0 Å².